The molecule has 2 aliphatic heterocycles. The lowest BCUT2D eigenvalue weighted by atomic mass is 9.74. The van der Waals surface area contributed by atoms with Crippen molar-refractivity contribution < 1.29 is 9.13 Å². The third-order valence-corrected chi connectivity index (χ3v) is 3.55. The van der Waals surface area contributed by atoms with Gasteiger partial charge in [0.25, 0.3) is 0 Å². The number of rotatable bonds is 1. The molecule has 3 fully saturated rings. The highest BCUT2D eigenvalue weighted by molar-refractivity contribution is 14.1. The molecule has 3 rings (SSSR count). The summed E-state index contributed by atoms with van der Waals surface area (Å²) in [5, 5.41) is 0. The first-order valence-corrected chi connectivity index (χ1v) is 4.60. The fourth-order valence-corrected chi connectivity index (χ4v) is 2.48. The van der Waals surface area contributed by atoms with E-state index in [9.17, 15) is 4.39 Å². The van der Waals surface area contributed by atoms with Gasteiger partial charge in [0.05, 0.1) is 12.2 Å². The van der Waals surface area contributed by atoms with E-state index in [1.165, 1.54) is 0 Å². The molecule has 0 atom stereocenters. The first kappa shape index (κ1) is 6.34. The van der Waals surface area contributed by atoms with Crippen LogP contribution in [0.4, 0.5) is 4.39 Å². The maximum atomic E-state index is 13.0. The van der Waals surface area contributed by atoms with Crippen molar-refractivity contribution in [3.8, 4) is 0 Å². The second-order valence-corrected chi connectivity index (χ2v) is 3.87. The number of hydrogen-bond acceptors (Lipinski definition) is 1. The largest absolute Gasteiger partial charge is 0.371 e. The molecule has 0 spiro atoms. The van der Waals surface area contributed by atoms with E-state index in [1.54, 1.807) is 0 Å². The minimum atomic E-state index is -0.925. The van der Waals surface area contributed by atoms with Crippen LogP contribution in [0.25, 0.3) is 0 Å². The van der Waals surface area contributed by atoms with E-state index in [4.69, 9.17) is 4.74 Å². The summed E-state index contributed by atoms with van der Waals surface area (Å²) in [5.41, 5.74) is -0.972. The summed E-state index contributed by atoms with van der Waals surface area (Å²) in [5.74, 6) is 0. The van der Waals surface area contributed by atoms with E-state index in [0.29, 0.717) is 19.4 Å². The highest BCUT2D eigenvalue weighted by Gasteiger charge is 2.62. The van der Waals surface area contributed by atoms with Crippen molar-refractivity contribution in [2.75, 3.05) is 11.0 Å². The molecular formula is C6H8FIO. The second kappa shape index (κ2) is 1.61. The van der Waals surface area contributed by atoms with Crippen molar-refractivity contribution in [1.82, 2.24) is 0 Å². The van der Waals surface area contributed by atoms with E-state index in [-0.39, 0.29) is 5.60 Å². The van der Waals surface area contributed by atoms with Gasteiger partial charge >= 0.3 is 0 Å². The van der Waals surface area contributed by atoms with Gasteiger partial charge in [-0.1, -0.05) is 22.6 Å². The van der Waals surface area contributed by atoms with E-state index in [1.807, 2.05) is 0 Å². The average Bonchev–Trinajstić information content (AvgIpc) is 2.20. The topological polar surface area (TPSA) is 9.23 Å². The van der Waals surface area contributed by atoms with Crippen LogP contribution in [-0.4, -0.2) is 22.3 Å². The normalized spacial score (nSPS) is 55.3. The van der Waals surface area contributed by atoms with Gasteiger partial charge in [-0.15, -0.1) is 0 Å². The van der Waals surface area contributed by atoms with Crippen LogP contribution in [0.3, 0.4) is 0 Å². The van der Waals surface area contributed by atoms with Crippen LogP contribution in [-0.2, 0) is 4.74 Å². The Hall–Kier alpha value is 0.620. The summed E-state index contributed by atoms with van der Waals surface area (Å²) in [6.45, 7) is 0.343. The van der Waals surface area contributed by atoms with Gasteiger partial charge in [-0.2, -0.15) is 0 Å². The maximum absolute atomic E-state index is 13.0. The van der Waals surface area contributed by atoms with E-state index in [2.05, 4.69) is 22.6 Å². The SMILES string of the molecule is FC12COC(CI)(C1)C2. The number of hydrogen-bond donors (Lipinski definition) is 0. The van der Waals surface area contributed by atoms with Gasteiger partial charge in [-0.05, 0) is 0 Å². The Kier molecular flexibility index (Phi) is 1.14. The number of fused-ring (bicyclic) bond motifs is 1. The van der Waals surface area contributed by atoms with Gasteiger partial charge in [-0.25, -0.2) is 4.39 Å². The summed E-state index contributed by atoms with van der Waals surface area (Å²) in [7, 11) is 0. The molecule has 3 aliphatic rings. The summed E-state index contributed by atoms with van der Waals surface area (Å²) in [4.78, 5) is 0. The van der Waals surface area contributed by atoms with Crippen molar-refractivity contribution in [2.45, 2.75) is 24.1 Å². The lowest BCUT2D eigenvalue weighted by Gasteiger charge is -2.37. The zero-order valence-corrected chi connectivity index (χ0v) is 7.15. The molecule has 0 N–H and O–H groups in total. The molecule has 9 heavy (non-hydrogen) atoms. The number of halogens is 2. The van der Waals surface area contributed by atoms with Crippen molar-refractivity contribution >= 4 is 22.6 Å². The molecule has 0 amide bonds. The van der Waals surface area contributed by atoms with E-state index >= 15 is 0 Å². The van der Waals surface area contributed by atoms with Crippen LogP contribution in [0.15, 0.2) is 0 Å². The Labute approximate surface area is 67.1 Å². The molecule has 1 saturated carbocycles. The van der Waals surface area contributed by atoms with E-state index in [0.717, 1.165) is 4.43 Å². The second-order valence-electron chi connectivity index (χ2n) is 3.11. The molecule has 0 aromatic rings. The van der Waals surface area contributed by atoms with Gasteiger partial charge < -0.3 is 4.74 Å². The van der Waals surface area contributed by atoms with E-state index < -0.39 is 5.67 Å². The monoisotopic (exact) mass is 242 g/mol. The average molecular weight is 242 g/mol. The molecule has 0 aromatic heterocycles. The Balaban J connectivity index is 2.12. The lowest BCUT2D eigenvalue weighted by molar-refractivity contribution is -0.000309. The first-order valence-electron chi connectivity index (χ1n) is 3.07. The van der Waals surface area contributed by atoms with Crippen molar-refractivity contribution in [1.29, 1.82) is 0 Å². The van der Waals surface area contributed by atoms with Gasteiger partial charge in [0, 0.05) is 17.3 Å². The van der Waals surface area contributed by atoms with Crippen LogP contribution in [0.5, 0.6) is 0 Å². The molecule has 52 valence electrons. The standard InChI is InChI=1S/C6H8FIO/c7-5-1-6(2-5,3-8)9-4-5/h1-4H2. The summed E-state index contributed by atoms with van der Waals surface area (Å²) in [6, 6.07) is 0. The fraction of sp³-hybridized carbons (Fsp3) is 1.00. The molecule has 2 saturated heterocycles. The van der Waals surface area contributed by atoms with Crippen LogP contribution in [0, 0.1) is 0 Å². The Morgan fingerprint density at radius 1 is 1.56 bits per heavy atom. The molecule has 1 aliphatic carbocycles. The molecule has 3 heteroatoms. The van der Waals surface area contributed by atoms with Crippen molar-refractivity contribution in [3.05, 3.63) is 0 Å². The Bertz CT molecular complexity index is 142. The molecule has 0 aromatic carbocycles. The summed E-state index contributed by atoms with van der Waals surface area (Å²) >= 11 is 2.26. The Morgan fingerprint density at radius 2 is 2.22 bits per heavy atom. The molecule has 0 radical (unpaired) electrons. The van der Waals surface area contributed by atoms with Crippen LogP contribution in [0.1, 0.15) is 12.8 Å². The summed E-state index contributed by atoms with van der Waals surface area (Å²) in [6.07, 6.45) is 1.28. The third kappa shape index (κ3) is 0.738. The third-order valence-electron chi connectivity index (χ3n) is 2.16. The van der Waals surface area contributed by atoms with Gasteiger partial charge in [0.2, 0.25) is 0 Å². The first-order chi connectivity index (χ1) is 4.18. The Morgan fingerprint density at radius 3 is 2.44 bits per heavy atom. The van der Waals surface area contributed by atoms with Gasteiger partial charge in [-0.3, -0.25) is 0 Å². The van der Waals surface area contributed by atoms with Crippen LogP contribution in [0.2, 0.25) is 0 Å². The fourth-order valence-electron chi connectivity index (χ4n) is 1.72. The molecule has 1 nitrogen and oxygen atoms in total. The zero-order chi connectivity index (χ0) is 6.54. The van der Waals surface area contributed by atoms with Crippen LogP contribution < -0.4 is 0 Å². The van der Waals surface area contributed by atoms with Crippen molar-refractivity contribution in [2.24, 2.45) is 0 Å². The zero-order valence-electron chi connectivity index (χ0n) is 4.99. The minimum absolute atomic E-state index is 0.0463. The quantitative estimate of drug-likeness (QED) is 0.502. The van der Waals surface area contributed by atoms with Crippen molar-refractivity contribution in [3.63, 3.8) is 0 Å². The predicted octanol–water partition coefficient (Wildman–Crippen LogP) is 1.69. The predicted molar refractivity (Wildman–Crippen MR) is 40.6 cm³/mol. The molecule has 2 bridgehead atoms. The van der Waals surface area contributed by atoms with Gasteiger partial charge in [0.1, 0.15) is 5.67 Å². The summed E-state index contributed by atoms with van der Waals surface area (Å²) < 4.78 is 19.2. The lowest BCUT2D eigenvalue weighted by Crippen LogP contribution is -2.47. The smallest absolute Gasteiger partial charge is 0.139 e. The maximum Gasteiger partial charge on any atom is 0.139 e. The molecule has 2 heterocycles. The highest BCUT2D eigenvalue weighted by Crippen LogP contribution is 2.54. The molecular weight excluding hydrogens is 234 g/mol. The number of alkyl halides is 2. The number of ether oxygens (including phenoxy) is 1. The van der Waals surface area contributed by atoms with Gasteiger partial charge in [0.15, 0.2) is 0 Å². The minimum Gasteiger partial charge on any atom is -0.371 e. The molecule has 0 unspecified atom stereocenters. The highest BCUT2D eigenvalue weighted by atomic mass is 127. The van der Waals surface area contributed by atoms with Crippen LogP contribution >= 0.6 is 22.6 Å².